The van der Waals surface area contributed by atoms with Gasteiger partial charge in [0.25, 0.3) is 0 Å². The fourth-order valence-electron chi connectivity index (χ4n) is 3.30. The Morgan fingerprint density at radius 2 is 1.16 bits per heavy atom. The molecule has 13 N–H and O–H groups in total. The molecule has 0 bridgehead atoms. The van der Waals surface area contributed by atoms with Crippen LogP contribution in [0.4, 0.5) is 0 Å². The molecular formula is C29H68N8O6. The number of rotatable bonds is 13. The number of carbonyl (C=O) groups is 2. The van der Waals surface area contributed by atoms with Gasteiger partial charge < -0.3 is 53.7 Å². The van der Waals surface area contributed by atoms with Gasteiger partial charge in [0.15, 0.2) is 0 Å². The number of morpholine rings is 2. The Kier molecular flexibility index (Phi) is 35.7. The van der Waals surface area contributed by atoms with E-state index in [0.717, 1.165) is 98.0 Å². The minimum absolute atomic E-state index is 0.0346. The molecule has 2 heterocycles. The number of nitrogens with one attached hydrogen (secondary N) is 1. The Morgan fingerprint density at radius 3 is 1.47 bits per heavy atom. The van der Waals surface area contributed by atoms with Crippen molar-refractivity contribution in [1.82, 2.24) is 15.1 Å². The molecule has 4 atom stereocenters. The molecule has 1 amide bonds. The van der Waals surface area contributed by atoms with Crippen molar-refractivity contribution in [2.75, 3.05) is 98.5 Å². The van der Waals surface area contributed by atoms with E-state index in [0.29, 0.717) is 13.1 Å². The highest BCUT2D eigenvalue weighted by molar-refractivity contribution is 5.81. The molecule has 0 aromatic rings. The largest absolute Gasteiger partial charge is 0.480 e. The first kappa shape index (κ1) is 46.0. The number of carbonyl (C=O) groups excluding carboxylic acids is 1. The van der Waals surface area contributed by atoms with Crippen LogP contribution in [0.25, 0.3) is 0 Å². The van der Waals surface area contributed by atoms with Gasteiger partial charge in [0.05, 0.1) is 39.1 Å². The van der Waals surface area contributed by atoms with Crippen LogP contribution in [0.15, 0.2) is 0 Å². The Labute approximate surface area is 261 Å². The molecule has 14 nitrogen and oxygen atoms in total. The predicted octanol–water partition coefficient (Wildman–Crippen LogP) is -1.18. The quantitative estimate of drug-likeness (QED) is 0.120. The molecule has 2 aliphatic heterocycles. The second kappa shape index (κ2) is 33.4. The van der Waals surface area contributed by atoms with Gasteiger partial charge in [0.2, 0.25) is 5.91 Å². The fraction of sp³-hybridized carbons (Fsp3) is 0.931. The van der Waals surface area contributed by atoms with Crippen molar-refractivity contribution in [1.29, 1.82) is 0 Å². The molecule has 2 aliphatic rings. The van der Waals surface area contributed by atoms with Crippen LogP contribution in [0, 0.1) is 11.8 Å². The van der Waals surface area contributed by atoms with Gasteiger partial charge in [-0.3, -0.25) is 19.4 Å². The molecule has 2 saturated heterocycles. The van der Waals surface area contributed by atoms with Crippen molar-refractivity contribution in [2.24, 2.45) is 40.5 Å². The van der Waals surface area contributed by atoms with Crippen LogP contribution in [-0.4, -0.2) is 142 Å². The zero-order valence-corrected chi connectivity index (χ0v) is 27.8. The number of aliphatic hydroxyl groups excluding tert-OH is 1. The zero-order chi connectivity index (χ0) is 33.5. The number of nitrogens with zero attached hydrogens (tertiary/aromatic N) is 2. The third-order valence-corrected chi connectivity index (χ3v) is 6.90. The van der Waals surface area contributed by atoms with Crippen LogP contribution in [0.3, 0.4) is 0 Å². The van der Waals surface area contributed by atoms with Crippen molar-refractivity contribution in [3.05, 3.63) is 0 Å². The average molecular weight is 625 g/mol. The van der Waals surface area contributed by atoms with Crippen LogP contribution in [0.1, 0.15) is 53.9 Å². The standard InChI is InChI=1S/C12H25N3O2.C6H14N2O.C6H13NO2.C3H9N.C2H7NO/c1-3-10(2)11(13)12(16)14-4-5-15-6-8-17-9-7-15;7-1-2-8-3-5-9-6-4-8;1-3-4(2)5(7)6(8)9;1-2-3-4;3-1-2-4/h10-11H,3-9,13H2,1-2H3,(H,14,16);1-7H2;4-5H,3,7H2,1-2H3,(H,8,9);2-4H2,1H3;4H,1-3H2. The lowest BCUT2D eigenvalue weighted by Gasteiger charge is -2.27. The number of hydrogen-bond acceptors (Lipinski definition) is 12. The summed E-state index contributed by atoms with van der Waals surface area (Å²) in [4.78, 5) is 26.5. The van der Waals surface area contributed by atoms with Gasteiger partial charge >= 0.3 is 5.97 Å². The highest BCUT2D eigenvalue weighted by Gasteiger charge is 2.19. The Bertz CT molecular complexity index is 601. The molecule has 43 heavy (non-hydrogen) atoms. The van der Waals surface area contributed by atoms with Gasteiger partial charge in [-0.1, -0.05) is 47.5 Å². The van der Waals surface area contributed by atoms with Gasteiger partial charge in [0.1, 0.15) is 6.04 Å². The van der Waals surface area contributed by atoms with E-state index in [9.17, 15) is 9.59 Å². The number of amides is 1. The second-order valence-corrected chi connectivity index (χ2v) is 10.4. The molecule has 0 radical (unpaired) electrons. The first-order valence-electron chi connectivity index (χ1n) is 15.8. The fourth-order valence-corrected chi connectivity index (χ4v) is 3.30. The van der Waals surface area contributed by atoms with Crippen LogP contribution in [0.2, 0.25) is 0 Å². The monoisotopic (exact) mass is 625 g/mol. The Hall–Kier alpha value is -1.46. The van der Waals surface area contributed by atoms with E-state index in [4.69, 9.17) is 48.4 Å². The maximum Gasteiger partial charge on any atom is 0.320 e. The number of aliphatic hydroxyl groups is 1. The number of hydrogen-bond donors (Lipinski definition) is 8. The van der Waals surface area contributed by atoms with E-state index in [1.54, 1.807) is 0 Å². The van der Waals surface area contributed by atoms with Gasteiger partial charge in [-0.05, 0) is 24.8 Å². The highest BCUT2D eigenvalue weighted by atomic mass is 16.5. The number of aliphatic carboxylic acids is 1. The number of nitrogens with two attached hydrogens (primary N) is 5. The van der Waals surface area contributed by atoms with Crippen molar-refractivity contribution < 1.29 is 29.3 Å². The maximum absolute atomic E-state index is 11.7. The van der Waals surface area contributed by atoms with Crippen LogP contribution in [-0.2, 0) is 19.1 Å². The predicted molar refractivity (Wildman–Crippen MR) is 175 cm³/mol. The molecule has 0 spiro atoms. The lowest BCUT2D eigenvalue weighted by Crippen LogP contribution is -2.47. The number of carboxylic acid groups (broad SMARTS) is 1. The Morgan fingerprint density at radius 1 is 0.767 bits per heavy atom. The SMILES string of the molecule is CCC(C)C(N)C(=O)NCCN1CCOCC1.CCC(C)C(N)C(=O)O.CCCN.NCCN1CCOCC1.NCCO. The van der Waals surface area contributed by atoms with Gasteiger partial charge in [-0.15, -0.1) is 0 Å². The minimum Gasteiger partial charge on any atom is -0.480 e. The highest BCUT2D eigenvalue weighted by Crippen LogP contribution is 2.05. The minimum atomic E-state index is -0.913. The number of ether oxygens (including phenoxy) is 2. The lowest BCUT2D eigenvalue weighted by molar-refractivity contribution is -0.139. The molecule has 0 aliphatic carbocycles. The van der Waals surface area contributed by atoms with Crippen molar-refractivity contribution in [3.8, 4) is 0 Å². The van der Waals surface area contributed by atoms with Crippen LogP contribution >= 0.6 is 0 Å². The van der Waals surface area contributed by atoms with Crippen LogP contribution in [0.5, 0.6) is 0 Å². The number of carboxylic acids is 1. The van der Waals surface area contributed by atoms with E-state index in [1.165, 1.54) is 0 Å². The molecular weight excluding hydrogens is 556 g/mol. The van der Waals surface area contributed by atoms with E-state index in [-0.39, 0.29) is 30.4 Å². The first-order valence-corrected chi connectivity index (χ1v) is 15.8. The summed E-state index contributed by atoms with van der Waals surface area (Å²) in [5.74, 6) is -0.641. The van der Waals surface area contributed by atoms with Crippen molar-refractivity contribution in [3.63, 3.8) is 0 Å². The molecule has 0 aromatic heterocycles. The van der Waals surface area contributed by atoms with Crippen molar-refractivity contribution >= 4 is 11.9 Å². The average Bonchev–Trinajstić information content (AvgIpc) is 3.05. The zero-order valence-electron chi connectivity index (χ0n) is 27.8. The molecule has 2 rings (SSSR count). The normalized spacial score (nSPS) is 17.8. The summed E-state index contributed by atoms with van der Waals surface area (Å²) in [6.45, 7) is 21.8. The summed E-state index contributed by atoms with van der Waals surface area (Å²) in [6, 6.07) is -1.08. The van der Waals surface area contributed by atoms with Gasteiger partial charge in [-0.2, -0.15) is 0 Å². The summed E-state index contributed by atoms with van der Waals surface area (Å²) in [5, 5.41) is 19.0. The molecule has 4 unspecified atom stereocenters. The smallest absolute Gasteiger partial charge is 0.320 e. The topological polar surface area (TPSA) is 242 Å². The van der Waals surface area contributed by atoms with E-state index in [1.807, 2.05) is 27.7 Å². The summed E-state index contributed by atoms with van der Waals surface area (Å²) in [6.07, 6.45) is 2.84. The van der Waals surface area contributed by atoms with E-state index >= 15 is 0 Å². The summed E-state index contributed by atoms with van der Waals surface area (Å²) in [5.41, 5.74) is 26.3. The second-order valence-electron chi connectivity index (χ2n) is 10.4. The van der Waals surface area contributed by atoms with Gasteiger partial charge in [-0.25, -0.2) is 0 Å². The molecule has 2 fully saturated rings. The van der Waals surface area contributed by atoms with E-state index < -0.39 is 12.0 Å². The third kappa shape index (κ3) is 29.0. The summed E-state index contributed by atoms with van der Waals surface area (Å²) < 4.78 is 10.4. The Balaban J connectivity index is -0.000000523. The van der Waals surface area contributed by atoms with Crippen molar-refractivity contribution in [2.45, 2.75) is 66.0 Å². The molecule has 14 heteroatoms. The maximum atomic E-state index is 11.7. The van der Waals surface area contributed by atoms with Gasteiger partial charge in [0, 0.05) is 58.9 Å². The van der Waals surface area contributed by atoms with E-state index in [2.05, 4.69) is 22.0 Å². The third-order valence-electron chi connectivity index (χ3n) is 6.90. The molecule has 0 saturated carbocycles. The summed E-state index contributed by atoms with van der Waals surface area (Å²) in [7, 11) is 0. The van der Waals surface area contributed by atoms with Crippen LogP contribution < -0.4 is 34.0 Å². The first-order chi connectivity index (χ1) is 20.5. The molecule has 0 aromatic carbocycles. The molecule has 260 valence electrons. The lowest BCUT2D eigenvalue weighted by atomic mass is 9.99. The summed E-state index contributed by atoms with van der Waals surface area (Å²) >= 11 is 0.